The second-order valence-electron chi connectivity index (χ2n) is 8.34. The van der Waals surface area contributed by atoms with Gasteiger partial charge in [-0.1, -0.05) is 23.7 Å². The van der Waals surface area contributed by atoms with Crippen LogP contribution in [0.15, 0.2) is 47.5 Å². The van der Waals surface area contributed by atoms with E-state index < -0.39 is 50.0 Å². The predicted molar refractivity (Wildman–Crippen MR) is 135 cm³/mol. The van der Waals surface area contributed by atoms with Gasteiger partial charge >= 0.3 is 6.03 Å². The Balaban J connectivity index is 1.80. The van der Waals surface area contributed by atoms with Crippen molar-refractivity contribution in [2.24, 2.45) is 4.99 Å². The third-order valence-electron chi connectivity index (χ3n) is 4.97. The summed E-state index contributed by atoms with van der Waals surface area (Å²) in [4.78, 5) is 30.6. The van der Waals surface area contributed by atoms with Gasteiger partial charge in [0.1, 0.15) is 6.61 Å². The topological polar surface area (TPSA) is 145 Å². The number of amides is 3. The van der Waals surface area contributed by atoms with Gasteiger partial charge in [0, 0.05) is 16.8 Å². The Morgan fingerprint density at radius 3 is 2.54 bits per heavy atom. The molecule has 11 nitrogen and oxygen atoms in total. The number of nitrogens with zero attached hydrogens (tertiary/aromatic N) is 2. The van der Waals surface area contributed by atoms with E-state index in [0.717, 1.165) is 5.56 Å². The van der Waals surface area contributed by atoms with Gasteiger partial charge in [0.05, 0.1) is 31.9 Å². The Morgan fingerprint density at radius 1 is 1.22 bits per heavy atom. The second-order valence-corrected chi connectivity index (χ2v) is 8.78. The number of hydrogen-bond donors (Lipinski definition) is 5. The SMILES string of the molecule is CC(C)Oc1ccc(NC2=NC(OCC(=O)NC(CO)CO)NC(=O)N2Cc2ccc(Cl)cc2)cc1F. The van der Waals surface area contributed by atoms with E-state index in [2.05, 4.69) is 20.9 Å². The highest BCUT2D eigenvalue weighted by molar-refractivity contribution is 6.30. The lowest BCUT2D eigenvalue weighted by Gasteiger charge is -2.32. The average Bonchev–Trinajstić information content (AvgIpc) is 2.86. The minimum atomic E-state index is -1.24. The first-order valence-corrected chi connectivity index (χ1v) is 11.8. The Morgan fingerprint density at radius 2 is 1.92 bits per heavy atom. The van der Waals surface area contributed by atoms with E-state index in [1.54, 1.807) is 44.2 Å². The van der Waals surface area contributed by atoms with Gasteiger partial charge in [-0.3, -0.25) is 15.0 Å². The molecule has 1 atom stereocenters. The summed E-state index contributed by atoms with van der Waals surface area (Å²) < 4.78 is 25.4. The van der Waals surface area contributed by atoms with Crippen molar-refractivity contribution >= 4 is 35.2 Å². The molecule has 37 heavy (non-hydrogen) atoms. The number of rotatable bonds is 11. The van der Waals surface area contributed by atoms with Crippen LogP contribution in [0.25, 0.3) is 0 Å². The number of aliphatic imine (C=N–C) groups is 1. The van der Waals surface area contributed by atoms with Crippen LogP contribution in [-0.4, -0.2) is 71.3 Å². The molecule has 2 aromatic carbocycles. The molecule has 13 heteroatoms. The molecule has 0 bridgehead atoms. The average molecular weight is 538 g/mol. The molecule has 0 saturated carbocycles. The van der Waals surface area contributed by atoms with E-state index in [9.17, 15) is 14.0 Å². The van der Waals surface area contributed by atoms with E-state index >= 15 is 0 Å². The molecule has 200 valence electrons. The molecular weight excluding hydrogens is 509 g/mol. The van der Waals surface area contributed by atoms with Crippen LogP contribution in [0, 0.1) is 5.82 Å². The molecule has 0 radical (unpaired) electrons. The van der Waals surface area contributed by atoms with E-state index in [1.807, 2.05) is 0 Å². The highest BCUT2D eigenvalue weighted by Gasteiger charge is 2.30. The fourth-order valence-electron chi connectivity index (χ4n) is 3.22. The van der Waals surface area contributed by atoms with Crippen molar-refractivity contribution in [2.75, 3.05) is 25.1 Å². The number of urea groups is 1. The molecule has 0 aromatic heterocycles. The maximum Gasteiger partial charge on any atom is 0.328 e. The lowest BCUT2D eigenvalue weighted by Crippen LogP contribution is -2.55. The van der Waals surface area contributed by atoms with Crippen LogP contribution >= 0.6 is 11.6 Å². The van der Waals surface area contributed by atoms with Crippen LogP contribution in [0.5, 0.6) is 5.75 Å². The first kappa shape index (κ1) is 28.1. The molecule has 0 aliphatic carbocycles. The van der Waals surface area contributed by atoms with Gasteiger partial charge in [0.15, 0.2) is 11.6 Å². The molecule has 0 spiro atoms. The van der Waals surface area contributed by atoms with Crippen LogP contribution < -0.4 is 20.7 Å². The number of hydrogen-bond acceptors (Lipinski definition) is 8. The third-order valence-corrected chi connectivity index (χ3v) is 5.22. The van der Waals surface area contributed by atoms with Gasteiger partial charge < -0.3 is 30.3 Å². The van der Waals surface area contributed by atoms with Gasteiger partial charge in [0.25, 0.3) is 0 Å². The van der Waals surface area contributed by atoms with Gasteiger partial charge in [-0.05, 0) is 43.7 Å². The van der Waals surface area contributed by atoms with Crippen molar-refractivity contribution in [2.45, 2.75) is 38.9 Å². The zero-order chi connectivity index (χ0) is 26.9. The van der Waals surface area contributed by atoms with Crippen molar-refractivity contribution in [3.8, 4) is 5.75 Å². The maximum atomic E-state index is 14.6. The number of guanidine groups is 1. The molecular formula is C24H29ClFN5O6. The van der Waals surface area contributed by atoms with E-state index in [0.29, 0.717) is 10.7 Å². The monoisotopic (exact) mass is 537 g/mol. The lowest BCUT2D eigenvalue weighted by molar-refractivity contribution is -0.129. The van der Waals surface area contributed by atoms with Crippen molar-refractivity contribution in [3.63, 3.8) is 0 Å². The number of nitrogens with one attached hydrogen (secondary N) is 3. The highest BCUT2D eigenvalue weighted by atomic mass is 35.5. The molecule has 3 rings (SSSR count). The number of carbonyl (C=O) groups is 2. The van der Waals surface area contributed by atoms with Crippen LogP contribution in [0.3, 0.4) is 0 Å². The number of aliphatic hydroxyl groups is 2. The smallest absolute Gasteiger partial charge is 0.328 e. The van der Waals surface area contributed by atoms with Crippen LogP contribution in [0.2, 0.25) is 5.02 Å². The summed E-state index contributed by atoms with van der Waals surface area (Å²) >= 11 is 5.96. The standard InChI is InChI=1S/C24H29ClFN5O6/c1-14(2)37-20-8-7-17(9-19(20)26)28-22-29-23(36-13-21(34)27-18(11-32)12-33)30-24(35)31(22)10-15-3-5-16(25)6-4-15/h3-9,14,18,23,32-33H,10-13H2,1-2H3,(H,27,34)(H,28,29)(H,30,35). The zero-order valence-corrected chi connectivity index (χ0v) is 21.0. The molecule has 2 aromatic rings. The minimum absolute atomic E-state index is 0.0460. The van der Waals surface area contributed by atoms with Gasteiger partial charge in [-0.2, -0.15) is 4.99 Å². The van der Waals surface area contributed by atoms with Gasteiger partial charge in [-0.15, -0.1) is 0 Å². The molecule has 1 heterocycles. The molecule has 5 N–H and O–H groups in total. The molecule has 0 saturated heterocycles. The molecule has 1 unspecified atom stereocenters. The van der Waals surface area contributed by atoms with Crippen LogP contribution in [-0.2, 0) is 16.1 Å². The summed E-state index contributed by atoms with van der Waals surface area (Å²) in [6.45, 7) is 2.25. The summed E-state index contributed by atoms with van der Waals surface area (Å²) in [7, 11) is 0. The first-order valence-electron chi connectivity index (χ1n) is 11.4. The number of aliphatic hydroxyl groups excluding tert-OH is 2. The second kappa shape index (κ2) is 13.2. The summed E-state index contributed by atoms with van der Waals surface area (Å²) in [5.74, 6) is -1.10. The number of carbonyl (C=O) groups excluding carboxylic acids is 2. The largest absolute Gasteiger partial charge is 0.488 e. The highest BCUT2D eigenvalue weighted by Crippen LogP contribution is 2.23. The number of ether oxygens (including phenoxy) is 2. The van der Waals surface area contributed by atoms with Crippen molar-refractivity contribution in [1.29, 1.82) is 0 Å². The Bertz CT molecular complexity index is 1110. The lowest BCUT2D eigenvalue weighted by atomic mass is 10.2. The quantitative estimate of drug-likeness (QED) is 0.295. The number of halogens is 2. The van der Waals surface area contributed by atoms with Crippen LogP contribution in [0.4, 0.5) is 14.9 Å². The van der Waals surface area contributed by atoms with Crippen LogP contribution in [0.1, 0.15) is 19.4 Å². The summed E-state index contributed by atoms with van der Waals surface area (Å²) in [5.41, 5.74) is 1.05. The third kappa shape index (κ3) is 8.29. The fourth-order valence-corrected chi connectivity index (χ4v) is 3.35. The van der Waals surface area contributed by atoms with E-state index in [4.69, 9.17) is 31.3 Å². The van der Waals surface area contributed by atoms with Gasteiger partial charge in [-0.25, -0.2) is 9.18 Å². The zero-order valence-electron chi connectivity index (χ0n) is 20.3. The predicted octanol–water partition coefficient (Wildman–Crippen LogP) is 2.03. The summed E-state index contributed by atoms with van der Waals surface area (Å²) in [6.07, 6.45) is -1.45. The fraction of sp³-hybridized carbons (Fsp3) is 0.375. The van der Waals surface area contributed by atoms with Crippen molar-refractivity contribution in [1.82, 2.24) is 15.5 Å². The Hall–Kier alpha value is -3.45. The van der Waals surface area contributed by atoms with E-state index in [1.165, 1.54) is 17.0 Å². The Labute approximate surface area is 218 Å². The number of anilines is 1. The molecule has 1 aliphatic heterocycles. The summed E-state index contributed by atoms with van der Waals surface area (Å²) in [6, 6.07) is 9.68. The maximum absolute atomic E-state index is 14.6. The molecule has 1 aliphatic rings. The molecule has 3 amide bonds. The summed E-state index contributed by atoms with van der Waals surface area (Å²) in [5, 5.41) is 26.6. The number of benzene rings is 2. The van der Waals surface area contributed by atoms with Crippen molar-refractivity contribution < 1.29 is 33.7 Å². The van der Waals surface area contributed by atoms with Gasteiger partial charge in [0.2, 0.25) is 18.2 Å². The normalized spacial score (nSPS) is 15.5. The Kier molecular flexibility index (Phi) is 10.0. The van der Waals surface area contributed by atoms with Crippen molar-refractivity contribution in [3.05, 3.63) is 58.9 Å². The molecule has 0 fully saturated rings. The van der Waals surface area contributed by atoms with E-state index in [-0.39, 0.29) is 24.4 Å². The first-order chi connectivity index (χ1) is 17.7. The minimum Gasteiger partial charge on any atom is -0.488 e.